The van der Waals surface area contributed by atoms with Crippen molar-refractivity contribution in [1.82, 2.24) is 24.6 Å². The third-order valence-corrected chi connectivity index (χ3v) is 6.39. The van der Waals surface area contributed by atoms with Crippen molar-refractivity contribution in [2.45, 2.75) is 36.7 Å². The Bertz CT molecular complexity index is 845. The van der Waals surface area contributed by atoms with Crippen LogP contribution >= 0.6 is 11.8 Å². The molecule has 2 aromatic rings. The Kier molecular flexibility index (Phi) is 5.01. The molecule has 0 saturated carbocycles. The zero-order valence-corrected chi connectivity index (χ0v) is 16.4. The summed E-state index contributed by atoms with van der Waals surface area (Å²) in [7, 11) is 0. The standard InChI is InChI=1S/C19H23N5O2S/c1-3-15-20-19-24(21-15)18(26)17(27-19)16(14-7-5-4-6-8-14)23-11-9-22(10-12-23)13(2)25/h4-8,16-17H,3,9-12H2,1-2H3. The summed E-state index contributed by atoms with van der Waals surface area (Å²) in [5, 5.41) is 4.77. The van der Waals surface area contributed by atoms with Gasteiger partial charge in [-0.25, -0.2) is 4.98 Å². The average molecular weight is 385 g/mol. The van der Waals surface area contributed by atoms with Crippen molar-refractivity contribution >= 4 is 23.6 Å². The Balaban J connectivity index is 1.61. The van der Waals surface area contributed by atoms with Crippen LogP contribution in [0, 0.1) is 0 Å². The van der Waals surface area contributed by atoms with Crippen molar-refractivity contribution in [3.8, 4) is 0 Å². The van der Waals surface area contributed by atoms with Gasteiger partial charge in [-0.1, -0.05) is 49.0 Å². The van der Waals surface area contributed by atoms with E-state index in [-0.39, 0.29) is 23.1 Å². The van der Waals surface area contributed by atoms with E-state index in [1.54, 1.807) is 6.92 Å². The Morgan fingerprint density at radius 1 is 1.22 bits per heavy atom. The van der Waals surface area contributed by atoms with Crippen LogP contribution in [0.1, 0.15) is 36.1 Å². The zero-order chi connectivity index (χ0) is 19.0. The van der Waals surface area contributed by atoms with Crippen molar-refractivity contribution in [1.29, 1.82) is 0 Å². The summed E-state index contributed by atoms with van der Waals surface area (Å²) in [5.41, 5.74) is 1.11. The van der Waals surface area contributed by atoms with Crippen LogP contribution in [0.5, 0.6) is 0 Å². The fourth-order valence-corrected chi connectivity index (χ4v) is 5.01. The van der Waals surface area contributed by atoms with Crippen molar-refractivity contribution in [2.24, 2.45) is 0 Å². The average Bonchev–Trinajstić information content (AvgIpc) is 3.23. The van der Waals surface area contributed by atoms with Crippen molar-refractivity contribution in [3.05, 3.63) is 41.7 Å². The molecule has 1 amide bonds. The Hall–Kier alpha value is -2.19. The third kappa shape index (κ3) is 3.39. The highest BCUT2D eigenvalue weighted by molar-refractivity contribution is 8.00. The van der Waals surface area contributed by atoms with Crippen LogP contribution in [-0.2, 0) is 11.2 Å². The van der Waals surface area contributed by atoms with Gasteiger partial charge in [0.05, 0.1) is 6.04 Å². The molecule has 2 aliphatic rings. The maximum Gasteiger partial charge on any atom is 0.264 e. The molecule has 27 heavy (non-hydrogen) atoms. The van der Waals surface area contributed by atoms with Gasteiger partial charge in [0.25, 0.3) is 5.91 Å². The predicted octanol–water partition coefficient (Wildman–Crippen LogP) is 1.86. The summed E-state index contributed by atoms with van der Waals surface area (Å²) in [6.07, 6.45) is 0.716. The summed E-state index contributed by atoms with van der Waals surface area (Å²) < 4.78 is 1.47. The molecule has 0 N–H and O–H groups in total. The van der Waals surface area contributed by atoms with Gasteiger partial charge in [0.1, 0.15) is 5.25 Å². The minimum absolute atomic E-state index is 0.00921. The number of aryl methyl sites for hydroxylation is 1. The van der Waals surface area contributed by atoms with E-state index in [0.29, 0.717) is 30.5 Å². The Morgan fingerprint density at radius 3 is 2.52 bits per heavy atom. The van der Waals surface area contributed by atoms with Crippen LogP contribution in [0.15, 0.2) is 35.5 Å². The minimum atomic E-state index is -0.280. The van der Waals surface area contributed by atoms with Gasteiger partial charge in [-0.3, -0.25) is 14.5 Å². The molecule has 2 unspecified atom stereocenters. The summed E-state index contributed by atoms with van der Waals surface area (Å²) in [6, 6.07) is 10.1. The summed E-state index contributed by atoms with van der Waals surface area (Å²) in [6.45, 7) is 6.47. The van der Waals surface area contributed by atoms with Gasteiger partial charge in [0.2, 0.25) is 5.91 Å². The van der Waals surface area contributed by atoms with Gasteiger partial charge in [0.15, 0.2) is 11.0 Å². The van der Waals surface area contributed by atoms with Crippen LogP contribution in [0.2, 0.25) is 0 Å². The number of fused-ring (bicyclic) bond motifs is 1. The molecule has 7 nitrogen and oxygen atoms in total. The molecule has 0 aliphatic carbocycles. The molecule has 4 rings (SSSR count). The first-order valence-electron chi connectivity index (χ1n) is 9.29. The molecule has 1 aromatic carbocycles. The van der Waals surface area contributed by atoms with Crippen LogP contribution in [-0.4, -0.2) is 67.8 Å². The van der Waals surface area contributed by atoms with Gasteiger partial charge in [-0.15, -0.1) is 5.10 Å². The number of nitrogens with zero attached hydrogens (tertiary/aromatic N) is 5. The second-order valence-electron chi connectivity index (χ2n) is 6.85. The number of thioether (sulfide) groups is 1. The number of hydrogen-bond acceptors (Lipinski definition) is 6. The molecule has 2 atom stereocenters. The topological polar surface area (TPSA) is 71.3 Å². The lowest BCUT2D eigenvalue weighted by atomic mass is 10.00. The monoisotopic (exact) mass is 385 g/mol. The molecule has 8 heteroatoms. The van der Waals surface area contributed by atoms with E-state index in [9.17, 15) is 9.59 Å². The molecular weight excluding hydrogens is 362 g/mol. The van der Waals surface area contributed by atoms with E-state index in [4.69, 9.17) is 0 Å². The number of rotatable bonds is 4. The first-order valence-corrected chi connectivity index (χ1v) is 10.2. The third-order valence-electron chi connectivity index (χ3n) is 5.20. The Labute approximate surface area is 162 Å². The van der Waals surface area contributed by atoms with Crippen LogP contribution < -0.4 is 0 Å². The van der Waals surface area contributed by atoms with Gasteiger partial charge < -0.3 is 4.90 Å². The highest BCUT2D eigenvalue weighted by Gasteiger charge is 2.43. The first-order chi connectivity index (χ1) is 13.1. The highest BCUT2D eigenvalue weighted by Crippen LogP contribution is 2.41. The fraction of sp³-hybridized carbons (Fsp3) is 0.474. The van der Waals surface area contributed by atoms with E-state index < -0.39 is 0 Å². The van der Waals surface area contributed by atoms with Gasteiger partial charge in [-0.05, 0) is 5.56 Å². The van der Waals surface area contributed by atoms with Crippen molar-refractivity contribution in [2.75, 3.05) is 26.2 Å². The molecule has 1 saturated heterocycles. The normalized spacial score (nSPS) is 21.3. The largest absolute Gasteiger partial charge is 0.340 e. The number of hydrogen-bond donors (Lipinski definition) is 0. The highest BCUT2D eigenvalue weighted by atomic mass is 32.2. The number of benzene rings is 1. The Morgan fingerprint density at radius 2 is 1.93 bits per heavy atom. The lowest BCUT2D eigenvalue weighted by molar-refractivity contribution is -0.130. The molecule has 142 valence electrons. The van der Waals surface area contributed by atoms with E-state index in [1.807, 2.05) is 30.0 Å². The van der Waals surface area contributed by atoms with E-state index in [1.165, 1.54) is 16.4 Å². The maximum absolute atomic E-state index is 13.1. The van der Waals surface area contributed by atoms with E-state index in [2.05, 4.69) is 27.1 Å². The van der Waals surface area contributed by atoms with E-state index in [0.717, 1.165) is 18.7 Å². The molecule has 1 aromatic heterocycles. The summed E-state index contributed by atoms with van der Waals surface area (Å²) >= 11 is 1.50. The molecule has 1 fully saturated rings. The SMILES string of the molecule is CCc1nc2n(n1)C(=O)C(C(c1ccccc1)N1CCN(C(C)=O)CC1)S2. The molecule has 0 bridgehead atoms. The van der Waals surface area contributed by atoms with Gasteiger partial charge in [0, 0.05) is 39.5 Å². The van der Waals surface area contributed by atoms with Crippen molar-refractivity contribution in [3.63, 3.8) is 0 Å². The second kappa shape index (κ2) is 7.44. The molecule has 0 spiro atoms. The predicted molar refractivity (Wildman–Crippen MR) is 103 cm³/mol. The quantitative estimate of drug-likeness (QED) is 0.800. The van der Waals surface area contributed by atoms with Gasteiger partial charge in [-0.2, -0.15) is 4.68 Å². The smallest absolute Gasteiger partial charge is 0.264 e. The number of carbonyl (C=O) groups is 2. The molecule has 2 aliphatic heterocycles. The molecular formula is C19H23N5O2S. The zero-order valence-electron chi connectivity index (χ0n) is 15.5. The van der Waals surface area contributed by atoms with Crippen LogP contribution in [0.3, 0.4) is 0 Å². The van der Waals surface area contributed by atoms with Crippen molar-refractivity contribution < 1.29 is 9.59 Å². The number of carbonyl (C=O) groups excluding carboxylic acids is 2. The van der Waals surface area contributed by atoms with E-state index >= 15 is 0 Å². The number of piperazine rings is 1. The second-order valence-corrected chi connectivity index (χ2v) is 7.96. The van der Waals surface area contributed by atoms with Gasteiger partial charge >= 0.3 is 0 Å². The van der Waals surface area contributed by atoms with Crippen LogP contribution in [0.4, 0.5) is 0 Å². The lowest BCUT2D eigenvalue weighted by Gasteiger charge is -2.40. The fourth-order valence-electron chi connectivity index (χ4n) is 3.73. The molecule has 0 radical (unpaired) electrons. The minimum Gasteiger partial charge on any atom is -0.340 e. The summed E-state index contributed by atoms with van der Waals surface area (Å²) in [4.78, 5) is 33.4. The number of aromatic nitrogens is 3. The van der Waals surface area contributed by atoms with Crippen LogP contribution in [0.25, 0.3) is 0 Å². The first kappa shape index (κ1) is 18.2. The lowest BCUT2D eigenvalue weighted by Crippen LogP contribution is -2.51. The number of amides is 1. The molecule has 3 heterocycles. The maximum atomic E-state index is 13.1. The summed E-state index contributed by atoms with van der Waals surface area (Å²) in [5.74, 6) is 0.800.